The third-order valence-corrected chi connectivity index (χ3v) is 4.06. The number of hydrogen-bond acceptors (Lipinski definition) is 5. The number of benzene rings is 1. The van der Waals surface area contributed by atoms with Gasteiger partial charge in [0.15, 0.2) is 0 Å². The quantitative estimate of drug-likeness (QED) is 0.746. The number of ether oxygens (including phenoxy) is 1. The lowest BCUT2D eigenvalue weighted by Gasteiger charge is -2.13. The van der Waals surface area contributed by atoms with Gasteiger partial charge in [-0.1, -0.05) is 29.3 Å². The van der Waals surface area contributed by atoms with Crippen molar-refractivity contribution < 1.29 is 4.74 Å². The zero-order valence-corrected chi connectivity index (χ0v) is 13.3. The maximum atomic E-state index is 6.25. The lowest BCUT2D eigenvalue weighted by Crippen LogP contribution is -2.03. The van der Waals surface area contributed by atoms with Gasteiger partial charge in [0, 0.05) is 18.3 Å². The first kappa shape index (κ1) is 14.3. The Morgan fingerprint density at radius 3 is 2.86 bits per heavy atom. The van der Waals surface area contributed by atoms with Gasteiger partial charge >= 0.3 is 0 Å². The molecule has 2 heterocycles. The Balaban J connectivity index is 1.90. The summed E-state index contributed by atoms with van der Waals surface area (Å²) in [6.45, 7) is 0.505. The lowest BCUT2D eigenvalue weighted by molar-refractivity contribution is 0.393. The van der Waals surface area contributed by atoms with Crippen molar-refractivity contribution in [1.29, 1.82) is 0 Å². The molecule has 3 rings (SSSR count). The van der Waals surface area contributed by atoms with Crippen molar-refractivity contribution in [3.8, 4) is 5.88 Å². The van der Waals surface area contributed by atoms with Crippen LogP contribution in [0.1, 0.15) is 5.56 Å². The van der Waals surface area contributed by atoms with Crippen molar-refractivity contribution in [2.75, 3.05) is 12.4 Å². The van der Waals surface area contributed by atoms with E-state index in [4.69, 9.17) is 27.9 Å². The molecular weight excluding hydrogens is 331 g/mol. The van der Waals surface area contributed by atoms with Gasteiger partial charge in [-0.3, -0.25) is 0 Å². The van der Waals surface area contributed by atoms with Crippen LogP contribution >= 0.6 is 23.2 Å². The number of anilines is 1. The summed E-state index contributed by atoms with van der Waals surface area (Å²) in [5.41, 5.74) is 2.94. The maximum Gasteiger partial charge on any atom is 0.218 e. The summed E-state index contributed by atoms with van der Waals surface area (Å²) in [5, 5.41) is 4.25. The Labute approximate surface area is 135 Å². The number of rotatable bonds is 4. The second-order valence-electron chi connectivity index (χ2n) is 4.20. The van der Waals surface area contributed by atoms with Crippen LogP contribution in [0.2, 0.25) is 10.0 Å². The number of methoxy groups -OCH3 is 1. The molecule has 0 fully saturated rings. The fourth-order valence-electron chi connectivity index (χ4n) is 1.97. The molecule has 108 valence electrons. The maximum absolute atomic E-state index is 6.25. The number of aromatic nitrogens is 1. The van der Waals surface area contributed by atoms with Crippen LogP contribution in [0, 0.1) is 0 Å². The smallest absolute Gasteiger partial charge is 0.218 e. The molecule has 0 amide bonds. The van der Waals surface area contributed by atoms with Crippen LogP contribution in [-0.2, 0) is 17.9 Å². The van der Waals surface area contributed by atoms with E-state index in [1.807, 2.05) is 12.1 Å². The summed E-state index contributed by atoms with van der Waals surface area (Å²) in [6, 6.07) is 5.44. The van der Waals surface area contributed by atoms with E-state index < -0.39 is 0 Å². The highest BCUT2D eigenvalue weighted by molar-refractivity contribution is 7.58. The molecular formula is C13H10Cl2N4OS. The molecule has 0 saturated heterocycles. The van der Waals surface area contributed by atoms with E-state index in [1.165, 1.54) is 0 Å². The van der Waals surface area contributed by atoms with Crippen molar-refractivity contribution in [3.05, 3.63) is 40.0 Å². The SMILES string of the molecule is COc1ncccc1CNc1c(Cl)cc(Cl)c2c1N=S=N2. The molecule has 8 heteroatoms. The fourth-order valence-corrected chi connectivity index (χ4v) is 3.15. The van der Waals surface area contributed by atoms with Gasteiger partial charge in [-0.2, -0.15) is 8.73 Å². The van der Waals surface area contributed by atoms with Crippen LogP contribution in [0.25, 0.3) is 0 Å². The van der Waals surface area contributed by atoms with Crippen LogP contribution in [-0.4, -0.2) is 12.1 Å². The third kappa shape index (κ3) is 2.74. The minimum Gasteiger partial charge on any atom is -0.481 e. The molecule has 0 saturated carbocycles. The monoisotopic (exact) mass is 340 g/mol. The van der Waals surface area contributed by atoms with E-state index in [-0.39, 0.29) is 0 Å². The Kier molecular flexibility index (Phi) is 4.10. The average Bonchev–Trinajstić information content (AvgIpc) is 2.97. The highest BCUT2D eigenvalue weighted by Gasteiger charge is 2.18. The summed E-state index contributed by atoms with van der Waals surface area (Å²) >= 11 is 13.4. The highest BCUT2D eigenvalue weighted by Crippen LogP contribution is 2.47. The molecule has 1 aromatic carbocycles. The summed E-state index contributed by atoms with van der Waals surface area (Å²) in [6.07, 6.45) is 1.68. The minimum absolute atomic E-state index is 0.494. The van der Waals surface area contributed by atoms with Crippen molar-refractivity contribution in [2.24, 2.45) is 8.73 Å². The van der Waals surface area contributed by atoms with Gasteiger partial charge in [0.25, 0.3) is 0 Å². The Morgan fingerprint density at radius 1 is 1.24 bits per heavy atom. The topological polar surface area (TPSA) is 58.9 Å². The van der Waals surface area contributed by atoms with Crippen molar-refractivity contribution in [1.82, 2.24) is 4.98 Å². The minimum atomic E-state index is 0.494. The first-order valence-corrected chi connectivity index (χ1v) is 7.51. The number of halogens is 2. The van der Waals surface area contributed by atoms with Gasteiger partial charge in [0.05, 0.1) is 34.2 Å². The summed E-state index contributed by atoms with van der Waals surface area (Å²) in [5.74, 6) is 0.572. The average molecular weight is 341 g/mol. The van der Waals surface area contributed by atoms with Crippen LogP contribution in [0.15, 0.2) is 33.1 Å². The molecule has 1 aliphatic rings. The number of pyridine rings is 1. The molecule has 0 aliphatic carbocycles. The van der Waals surface area contributed by atoms with Crippen molar-refractivity contribution >= 4 is 51.6 Å². The van der Waals surface area contributed by atoms with E-state index >= 15 is 0 Å². The molecule has 0 atom stereocenters. The fraction of sp³-hybridized carbons (Fsp3) is 0.154. The first-order valence-electron chi connectivity index (χ1n) is 6.02. The van der Waals surface area contributed by atoms with Gasteiger partial charge in [-0.05, 0) is 12.1 Å². The lowest BCUT2D eigenvalue weighted by atomic mass is 10.2. The molecule has 0 bridgehead atoms. The molecule has 1 aliphatic heterocycles. The van der Waals surface area contributed by atoms with Gasteiger partial charge in [-0.15, -0.1) is 0 Å². The zero-order chi connectivity index (χ0) is 14.8. The largest absolute Gasteiger partial charge is 0.481 e. The number of hydrogen-bond donors (Lipinski definition) is 1. The van der Waals surface area contributed by atoms with E-state index in [0.717, 1.165) is 16.9 Å². The van der Waals surface area contributed by atoms with Gasteiger partial charge < -0.3 is 10.1 Å². The van der Waals surface area contributed by atoms with E-state index in [1.54, 1.807) is 19.4 Å². The highest BCUT2D eigenvalue weighted by atomic mass is 35.5. The Morgan fingerprint density at radius 2 is 2.05 bits per heavy atom. The van der Waals surface area contributed by atoms with Crippen LogP contribution in [0.3, 0.4) is 0 Å². The van der Waals surface area contributed by atoms with Crippen LogP contribution in [0.5, 0.6) is 5.88 Å². The van der Waals surface area contributed by atoms with Gasteiger partial charge in [-0.25, -0.2) is 4.98 Å². The normalized spacial score (nSPS) is 12.0. The number of fused-ring (bicyclic) bond motifs is 1. The third-order valence-electron chi connectivity index (χ3n) is 2.94. The van der Waals surface area contributed by atoms with Crippen molar-refractivity contribution in [2.45, 2.75) is 6.54 Å². The summed E-state index contributed by atoms with van der Waals surface area (Å²) in [7, 11) is 1.59. The molecule has 0 spiro atoms. The molecule has 1 N–H and O–H groups in total. The van der Waals surface area contributed by atoms with Crippen molar-refractivity contribution in [3.63, 3.8) is 0 Å². The molecule has 0 unspecified atom stereocenters. The first-order chi connectivity index (χ1) is 10.2. The molecule has 5 nitrogen and oxygen atoms in total. The van der Waals surface area contributed by atoms with Crippen LogP contribution in [0.4, 0.5) is 17.1 Å². The van der Waals surface area contributed by atoms with Gasteiger partial charge in [0.2, 0.25) is 5.88 Å². The van der Waals surface area contributed by atoms with Gasteiger partial charge in [0.1, 0.15) is 11.4 Å². The summed E-state index contributed by atoms with van der Waals surface area (Å²) < 4.78 is 13.6. The number of nitrogens with zero attached hydrogens (tertiary/aromatic N) is 3. The van der Waals surface area contributed by atoms with E-state index in [9.17, 15) is 0 Å². The van der Waals surface area contributed by atoms with Crippen LogP contribution < -0.4 is 10.1 Å². The Bertz CT molecular complexity index is 775. The predicted molar refractivity (Wildman–Crippen MR) is 86.1 cm³/mol. The predicted octanol–water partition coefficient (Wildman–Crippen LogP) is 4.74. The Hall–Kier alpha value is -1.63. The molecule has 2 aromatic rings. The molecule has 21 heavy (non-hydrogen) atoms. The molecule has 1 aromatic heterocycles. The standard InChI is InChI=1S/C13H10Cl2N4OS/c1-20-13-7(3-2-4-16-13)6-17-10-8(14)5-9(15)11-12(10)19-21-18-11/h2-5,17H,6H2,1H3. The second kappa shape index (κ2) is 6.01. The molecule has 0 radical (unpaired) electrons. The second-order valence-corrected chi connectivity index (χ2v) is 5.54. The number of nitrogens with one attached hydrogen (secondary N) is 1. The summed E-state index contributed by atoms with van der Waals surface area (Å²) in [4.78, 5) is 4.16. The van der Waals surface area contributed by atoms with E-state index in [2.05, 4.69) is 19.0 Å². The van der Waals surface area contributed by atoms with E-state index in [0.29, 0.717) is 39.5 Å². The zero-order valence-electron chi connectivity index (χ0n) is 10.9.